The van der Waals surface area contributed by atoms with Crippen LogP contribution < -0.4 is 4.74 Å². The molecule has 5 heteroatoms. The van der Waals surface area contributed by atoms with Crippen molar-refractivity contribution in [3.05, 3.63) is 88.4 Å². The van der Waals surface area contributed by atoms with E-state index in [1.807, 2.05) is 53.9 Å². The highest BCUT2D eigenvalue weighted by atomic mass is 32.1. The average Bonchev–Trinajstić information content (AvgIpc) is 3.18. The smallest absolute Gasteiger partial charge is 0.331 e. The summed E-state index contributed by atoms with van der Waals surface area (Å²) in [6.07, 6.45) is 6.67. The van der Waals surface area contributed by atoms with Crippen molar-refractivity contribution in [2.75, 3.05) is 0 Å². The number of carbonyl (C=O) groups is 1. The minimum Gasteiger partial charge on any atom is -0.489 e. The molecule has 0 spiro atoms. The number of rotatable bonds is 7. The van der Waals surface area contributed by atoms with Gasteiger partial charge >= 0.3 is 5.97 Å². The number of carbonyl (C=O) groups excluding carboxylic acids is 1. The minimum atomic E-state index is -0.355. The minimum absolute atomic E-state index is 0.234. The molecule has 3 rings (SSSR count). The highest BCUT2D eigenvalue weighted by Gasteiger charge is 2.01. The summed E-state index contributed by atoms with van der Waals surface area (Å²) in [4.78, 5) is 16.7. The first-order valence-electron chi connectivity index (χ1n) is 7.78. The Morgan fingerprint density at radius 1 is 1.00 bits per heavy atom. The van der Waals surface area contributed by atoms with Gasteiger partial charge in [0.25, 0.3) is 0 Å². The van der Waals surface area contributed by atoms with Gasteiger partial charge in [-0.05, 0) is 52.9 Å². The maximum Gasteiger partial charge on any atom is 0.331 e. The Bertz CT molecular complexity index is 812. The van der Waals surface area contributed by atoms with Gasteiger partial charge in [0.05, 0.1) is 0 Å². The Labute approximate surface area is 150 Å². The zero-order valence-electron chi connectivity index (χ0n) is 13.5. The maximum absolute atomic E-state index is 11.7. The van der Waals surface area contributed by atoms with Crippen molar-refractivity contribution in [1.82, 2.24) is 4.98 Å². The second-order valence-corrected chi connectivity index (χ2v) is 6.22. The summed E-state index contributed by atoms with van der Waals surface area (Å²) < 4.78 is 10.9. The lowest BCUT2D eigenvalue weighted by Gasteiger charge is -2.07. The molecule has 0 saturated heterocycles. The van der Waals surface area contributed by atoms with E-state index in [9.17, 15) is 4.79 Å². The lowest BCUT2D eigenvalue weighted by molar-refractivity contribution is -0.138. The third kappa shape index (κ3) is 5.58. The second-order valence-electron chi connectivity index (χ2n) is 5.24. The number of hydrogen-bond donors (Lipinski definition) is 0. The van der Waals surface area contributed by atoms with Crippen LogP contribution in [-0.4, -0.2) is 11.0 Å². The number of aromatic nitrogens is 1. The van der Waals surface area contributed by atoms with Crippen molar-refractivity contribution >= 4 is 23.4 Å². The number of ether oxygens (including phenoxy) is 2. The van der Waals surface area contributed by atoms with Gasteiger partial charge in [0, 0.05) is 23.3 Å². The van der Waals surface area contributed by atoms with Gasteiger partial charge in [-0.25, -0.2) is 4.79 Å². The lowest BCUT2D eigenvalue weighted by atomic mass is 10.2. The van der Waals surface area contributed by atoms with Crippen LogP contribution in [-0.2, 0) is 22.7 Å². The Morgan fingerprint density at radius 2 is 1.76 bits per heavy atom. The van der Waals surface area contributed by atoms with E-state index in [-0.39, 0.29) is 12.6 Å². The third-order valence-corrected chi connectivity index (χ3v) is 4.22. The van der Waals surface area contributed by atoms with Crippen LogP contribution in [0.5, 0.6) is 5.75 Å². The molecule has 0 atom stereocenters. The quantitative estimate of drug-likeness (QED) is 0.465. The zero-order chi connectivity index (χ0) is 17.3. The second kappa shape index (κ2) is 8.80. The summed E-state index contributed by atoms with van der Waals surface area (Å²) in [5, 5.41) is 1.96. The van der Waals surface area contributed by atoms with Gasteiger partial charge in [-0.1, -0.05) is 18.2 Å². The van der Waals surface area contributed by atoms with E-state index in [1.54, 1.807) is 29.8 Å². The molecule has 25 heavy (non-hydrogen) atoms. The van der Waals surface area contributed by atoms with E-state index in [0.29, 0.717) is 6.61 Å². The fourth-order valence-electron chi connectivity index (χ4n) is 2.07. The molecule has 2 aromatic heterocycles. The van der Waals surface area contributed by atoms with E-state index >= 15 is 0 Å². The topological polar surface area (TPSA) is 48.4 Å². The summed E-state index contributed by atoms with van der Waals surface area (Å²) >= 11 is 1.57. The van der Waals surface area contributed by atoms with Crippen LogP contribution in [0.25, 0.3) is 6.08 Å². The SMILES string of the molecule is O=C(/C=C/c1cccs1)OCc1ccc(OCc2ccncc2)cc1. The molecule has 0 N–H and O–H groups in total. The summed E-state index contributed by atoms with van der Waals surface area (Å²) in [5.41, 5.74) is 1.97. The molecule has 4 nitrogen and oxygen atoms in total. The van der Waals surface area contributed by atoms with Gasteiger partial charge in [0.2, 0.25) is 0 Å². The maximum atomic E-state index is 11.7. The lowest BCUT2D eigenvalue weighted by Crippen LogP contribution is -2.01. The molecule has 0 aliphatic heterocycles. The zero-order valence-corrected chi connectivity index (χ0v) is 14.3. The fourth-order valence-corrected chi connectivity index (χ4v) is 2.68. The van der Waals surface area contributed by atoms with Gasteiger partial charge in [-0.2, -0.15) is 0 Å². The number of hydrogen-bond acceptors (Lipinski definition) is 5. The van der Waals surface area contributed by atoms with Gasteiger partial charge in [-0.15, -0.1) is 11.3 Å². The molecule has 0 amide bonds. The van der Waals surface area contributed by atoms with E-state index < -0.39 is 0 Å². The van der Waals surface area contributed by atoms with Crippen LogP contribution in [0.4, 0.5) is 0 Å². The Morgan fingerprint density at radius 3 is 2.48 bits per heavy atom. The van der Waals surface area contributed by atoms with Crippen LogP contribution in [0.15, 0.2) is 72.4 Å². The molecule has 0 radical (unpaired) electrons. The van der Waals surface area contributed by atoms with Crippen molar-refractivity contribution < 1.29 is 14.3 Å². The number of benzene rings is 1. The van der Waals surface area contributed by atoms with Crippen LogP contribution in [0, 0.1) is 0 Å². The summed E-state index contributed by atoms with van der Waals surface area (Å²) in [6, 6.07) is 15.2. The largest absolute Gasteiger partial charge is 0.489 e. The molecule has 0 unspecified atom stereocenters. The molecule has 0 aliphatic rings. The van der Waals surface area contributed by atoms with Crippen molar-refractivity contribution in [1.29, 1.82) is 0 Å². The first-order chi connectivity index (χ1) is 12.3. The standard InChI is InChI=1S/C20H17NO3S/c22-20(8-7-19-2-1-13-25-19)24-15-16-3-5-18(6-4-16)23-14-17-9-11-21-12-10-17/h1-13H,14-15H2/b8-7+. The highest BCUT2D eigenvalue weighted by molar-refractivity contribution is 7.10. The van der Waals surface area contributed by atoms with Gasteiger partial charge in [0.1, 0.15) is 19.0 Å². The molecule has 3 aromatic rings. The van der Waals surface area contributed by atoms with Crippen molar-refractivity contribution in [3.63, 3.8) is 0 Å². The first-order valence-corrected chi connectivity index (χ1v) is 8.66. The third-order valence-electron chi connectivity index (χ3n) is 3.39. The fraction of sp³-hybridized carbons (Fsp3) is 0.100. The number of thiophene rings is 1. The molecule has 2 heterocycles. The van der Waals surface area contributed by atoms with E-state index in [1.165, 1.54) is 6.08 Å². The normalized spacial score (nSPS) is 10.7. The molecular weight excluding hydrogens is 334 g/mol. The van der Waals surface area contributed by atoms with Gasteiger partial charge in [-0.3, -0.25) is 4.98 Å². The van der Waals surface area contributed by atoms with Crippen LogP contribution in [0.3, 0.4) is 0 Å². The number of nitrogens with zero attached hydrogens (tertiary/aromatic N) is 1. The predicted molar refractivity (Wildman–Crippen MR) is 98.2 cm³/mol. The monoisotopic (exact) mass is 351 g/mol. The molecule has 126 valence electrons. The molecule has 0 aliphatic carbocycles. The van der Waals surface area contributed by atoms with E-state index in [4.69, 9.17) is 9.47 Å². The van der Waals surface area contributed by atoms with Gasteiger partial charge < -0.3 is 9.47 Å². The van der Waals surface area contributed by atoms with Gasteiger partial charge in [0.15, 0.2) is 0 Å². The van der Waals surface area contributed by atoms with Crippen LogP contribution >= 0.6 is 11.3 Å². The molecule has 1 aromatic carbocycles. The Hall–Kier alpha value is -2.92. The Balaban J connectivity index is 1.45. The van der Waals surface area contributed by atoms with Crippen LogP contribution in [0.2, 0.25) is 0 Å². The molecule has 0 fully saturated rings. The van der Waals surface area contributed by atoms with E-state index in [2.05, 4.69) is 4.98 Å². The van der Waals surface area contributed by atoms with Crippen molar-refractivity contribution in [2.45, 2.75) is 13.2 Å². The predicted octanol–water partition coefficient (Wildman–Crippen LogP) is 4.48. The summed E-state index contributed by atoms with van der Waals surface area (Å²) in [6.45, 7) is 0.725. The number of pyridine rings is 1. The number of esters is 1. The Kier molecular flexibility index (Phi) is 5.96. The molecule has 0 saturated carbocycles. The average molecular weight is 351 g/mol. The van der Waals surface area contributed by atoms with E-state index in [0.717, 1.165) is 21.8 Å². The molecular formula is C20H17NO3S. The highest BCUT2D eigenvalue weighted by Crippen LogP contribution is 2.15. The summed E-state index contributed by atoms with van der Waals surface area (Å²) in [5.74, 6) is 0.413. The van der Waals surface area contributed by atoms with Crippen LogP contribution in [0.1, 0.15) is 16.0 Å². The van der Waals surface area contributed by atoms with Crippen molar-refractivity contribution in [2.24, 2.45) is 0 Å². The summed E-state index contributed by atoms with van der Waals surface area (Å²) in [7, 11) is 0. The molecule has 0 bridgehead atoms. The van der Waals surface area contributed by atoms with Crippen molar-refractivity contribution in [3.8, 4) is 5.75 Å². The first kappa shape index (κ1) is 16.9.